The number of amides is 3. The first-order valence-electron chi connectivity index (χ1n) is 30.2. The van der Waals surface area contributed by atoms with E-state index in [1.807, 2.05) is 0 Å². The van der Waals surface area contributed by atoms with E-state index in [9.17, 15) is 79.2 Å². The molecule has 4 heterocycles. The zero-order valence-corrected chi connectivity index (χ0v) is 52.0. The van der Waals surface area contributed by atoms with E-state index in [4.69, 9.17) is 21.9 Å². The highest BCUT2D eigenvalue weighted by Gasteiger charge is 2.34. The van der Waals surface area contributed by atoms with Gasteiger partial charge in [-0.2, -0.15) is 0 Å². The Balaban J connectivity index is 0.000000211. The number of benzene rings is 3. The Bertz CT molecular complexity index is 3190. The molecule has 4 saturated heterocycles. The Morgan fingerprint density at radius 1 is 0.455 bits per heavy atom. The van der Waals surface area contributed by atoms with E-state index in [0.29, 0.717) is 115 Å². The fourth-order valence-electron chi connectivity index (χ4n) is 12.0. The summed E-state index contributed by atoms with van der Waals surface area (Å²) in [4.78, 5) is 41.9. The molecular formula is C60H83F9N6O10S3. The van der Waals surface area contributed by atoms with Crippen molar-refractivity contribution >= 4 is 47.2 Å². The number of rotatable bonds is 22. The SMILES string of the molecule is CCS(=O)(=O)CCC(=O)N1CCC([C@H](N)Cc2cc(F)c(F)cc2F)CC1.N[C@H](Cc1cc(F)c(F)cc1F)C1CCN(C(=O)CCS(=O)(=O)C2CCCC2)CC1.N[C@H](Cc1cc(F)c(F)cc1F)C1CCN(C(=O)CCS(=O)(=O)CC2CCCO2)CC1. The molecule has 28 heteroatoms. The van der Waals surface area contributed by atoms with Crippen molar-refractivity contribution in [3.05, 3.63) is 105 Å². The van der Waals surface area contributed by atoms with Crippen molar-refractivity contribution in [1.29, 1.82) is 0 Å². The van der Waals surface area contributed by atoms with Gasteiger partial charge in [-0.1, -0.05) is 19.8 Å². The number of hydrogen-bond donors (Lipinski definition) is 3. The third-order valence-electron chi connectivity index (χ3n) is 17.7. The molecule has 4 aliphatic heterocycles. The second-order valence-corrected chi connectivity index (χ2v) is 30.9. The van der Waals surface area contributed by atoms with Crippen molar-refractivity contribution < 1.29 is 83.9 Å². The predicted octanol–water partition coefficient (Wildman–Crippen LogP) is 7.19. The first kappa shape index (κ1) is 72.2. The molecule has 5 aliphatic rings. The van der Waals surface area contributed by atoms with Crippen LogP contribution in [-0.4, -0.2) is 162 Å². The van der Waals surface area contributed by atoms with Crippen LogP contribution in [0.4, 0.5) is 39.5 Å². The molecule has 3 aromatic rings. The van der Waals surface area contributed by atoms with Crippen LogP contribution in [0.2, 0.25) is 0 Å². The molecule has 494 valence electrons. The zero-order chi connectivity index (χ0) is 64.7. The van der Waals surface area contributed by atoms with Crippen LogP contribution in [0.5, 0.6) is 0 Å². The van der Waals surface area contributed by atoms with E-state index in [-0.39, 0.29) is 131 Å². The summed E-state index contributed by atoms with van der Waals surface area (Å²) in [6.45, 7) is 4.81. The molecule has 1 unspecified atom stereocenters. The average Bonchev–Trinajstić information content (AvgIpc) is 2.64. The van der Waals surface area contributed by atoms with Gasteiger partial charge >= 0.3 is 0 Å². The molecule has 1 aliphatic carbocycles. The molecule has 16 nitrogen and oxygen atoms in total. The lowest BCUT2D eigenvalue weighted by molar-refractivity contribution is -0.133. The van der Waals surface area contributed by atoms with Crippen molar-refractivity contribution in [2.75, 3.05) is 74.6 Å². The quantitative estimate of drug-likeness (QED) is 0.0666. The van der Waals surface area contributed by atoms with Gasteiger partial charge in [-0.3, -0.25) is 14.4 Å². The van der Waals surface area contributed by atoms with E-state index < -0.39 is 100.0 Å². The Labute approximate surface area is 510 Å². The van der Waals surface area contributed by atoms with Crippen LogP contribution < -0.4 is 17.2 Å². The fraction of sp³-hybridized carbons (Fsp3) is 0.650. The van der Waals surface area contributed by atoms with Gasteiger partial charge < -0.3 is 36.6 Å². The van der Waals surface area contributed by atoms with Gasteiger partial charge in [0.1, 0.15) is 17.5 Å². The Morgan fingerprint density at radius 3 is 1.09 bits per heavy atom. The minimum Gasteiger partial charge on any atom is -0.377 e. The number of sulfone groups is 3. The Kier molecular flexibility index (Phi) is 27.0. The number of halogens is 9. The predicted molar refractivity (Wildman–Crippen MR) is 314 cm³/mol. The molecule has 0 radical (unpaired) electrons. The molecule has 6 N–H and O–H groups in total. The fourth-order valence-corrected chi connectivity index (χ4v) is 16.1. The number of likely N-dealkylation sites (tertiary alicyclic amines) is 3. The maximum Gasteiger partial charge on any atom is 0.223 e. The molecule has 8 rings (SSSR count). The summed E-state index contributed by atoms with van der Waals surface area (Å²) in [7, 11) is -9.76. The molecule has 0 spiro atoms. The second-order valence-electron chi connectivity index (χ2n) is 23.8. The lowest BCUT2D eigenvalue weighted by Gasteiger charge is -2.35. The average molecular weight is 1320 g/mol. The number of carbonyl (C=O) groups excluding carboxylic acids is 3. The van der Waals surface area contributed by atoms with Gasteiger partial charge in [-0.05, 0) is 136 Å². The van der Waals surface area contributed by atoms with Gasteiger partial charge in [0.15, 0.2) is 64.4 Å². The largest absolute Gasteiger partial charge is 0.377 e. The molecule has 3 amide bonds. The molecule has 0 bridgehead atoms. The van der Waals surface area contributed by atoms with Gasteiger partial charge in [-0.25, -0.2) is 64.8 Å². The van der Waals surface area contributed by atoms with Crippen LogP contribution >= 0.6 is 0 Å². The summed E-state index contributed by atoms with van der Waals surface area (Å²) in [5.41, 5.74) is 18.6. The minimum atomic E-state index is -3.35. The van der Waals surface area contributed by atoms with E-state index in [1.165, 1.54) is 0 Å². The number of piperidine rings is 3. The summed E-state index contributed by atoms with van der Waals surface area (Å²) in [6.07, 6.45) is 8.28. The third-order valence-corrected chi connectivity index (χ3v) is 23.4. The van der Waals surface area contributed by atoms with Crippen molar-refractivity contribution in [2.24, 2.45) is 35.0 Å². The van der Waals surface area contributed by atoms with Gasteiger partial charge in [0.05, 0.1) is 34.4 Å². The summed E-state index contributed by atoms with van der Waals surface area (Å²) in [5, 5.41) is -0.300. The first-order valence-corrected chi connectivity index (χ1v) is 35.5. The molecule has 1 saturated carbocycles. The zero-order valence-electron chi connectivity index (χ0n) is 49.6. The number of nitrogens with zero attached hydrogens (tertiary/aromatic N) is 3. The van der Waals surface area contributed by atoms with Crippen molar-refractivity contribution in [3.63, 3.8) is 0 Å². The maximum atomic E-state index is 13.9. The van der Waals surface area contributed by atoms with Crippen molar-refractivity contribution in [2.45, 2.75) is 152 Å². The molecule has 5 fully saturated rings. The summed E-state index contributed by atoms with van der Waals surface area (Å²) >= 11 is 0. The summed E-state index contributed by atoms with van der Waals surface area (Å²) in [5.74, 6) is -10.5. The molecule has 3 aromatic carbocycles. The number of nitrogens with two attached hydrogens (primary N) is 3. The van der Waals surface area contributed by atoms with Gasteiger partial charge in [0.25, 0.3) is 0 Å². The molecule has 88 heavy (non-hydrogen) atoms. The molecule has 4 atom stereocenters. The number of hydrogen-bond acceptors (Lipinski definition) is 13. The van der Waals surface area contributed by atoms with Crippen LogP contribution in [0.3, 0.4) is 0 Å². The van der Waals surface area contributed by atoms with Crippen LogP contribution in [0.1, 0.15) is 120 Å². The van der Waals surface area contributed by atoms with E-state index >= 15 is 0 Å². The summed E-state index contributed by atoms with van der Waals surface area (Å²) < 4.78 is 198. The highest BCUT2D eigenvalue weighted by Crippen LogP contribution is 2.30. The van der Waals surface area contributed by atoms with Gasteiger partial charge in [0.2, 0.25) is 17.7 Å². The third kappa shape index (κ3) is 21.6. The normalized spacial score (nSPS) is 19.6. The van der Waals surface area contributed by atoms with E-state index in [2.05, 4.69) is 0 Å². The van der Waals surface area contributed by atoms with Crippen LogP contribution in [0.15, 0.2) is 36.4 Å². The maximum absolute atomic E-state index is 13.9. The number of carbonyl (C=O) groups is 3. The van der Waals surface area contributed by atoms with Crippen LogP contribution in [0.25, 0.3) is 0 Å². The van der Waals surface area contributed by atoms with E-state index in [0.717, 1.165) is 43.9 Å². The first-order chi connectivity index (χ1) is 41.4. The minimum absolute atomic E-state index is 0.000174. The smallest absolute Gasteiger partial charge is 0.223 e. The monoisotopic (exact) mass is 1310 g/mol. The highest BCUT2D eigenvalue weighted by atomic mass is 32.2. The van der Waals surface area contributed by atoms with Gasteiger partial charge in [-0.15, -0.1) is 0 Å². The lowest BCUT2D eigenvalue weighted by Crippen LogP contribution is -2.44. The molecular weight excluding hydrogens is 1230 g/mol. The lowest BCUT2D eigenvalue weighted by atomic mass is 9.86. The van der Waals surface area contributed by atoms with Gasteiger partial charge in [0, 0.05) is 107 Å². The number of ether oxygens (including phenoxy) is 1. The van der Waals surface area contributed by atoms with Crippen molar-refractivity contribution in [1.82, 2.24) is 14.7 Å². The standard InChI is InChI=1S/C21H29F3N2O4S.C21H29F3N2O3S.C18H25F3N2O3S/c22-17-12-19(24)18(23)10-15(17)11-20(25)14-3-6-26(7-4-14)21(27)5-9-31(28,29)13-16-2-1-8-30-16;22-17-13-19(24)18(23)11-15(17)12-20(25)14-5-8-26(9-6-14)21(27)7-10-30(28,29)16-3-1-2-4-16;1-2-27(25,26)8-5-18(24)23-6-3-12(4-7-23)17(22)10-13-9-15(20)16(21)11-14(13)19/h10,12,14,16,20H,1-9,11,13,25H2;11,13-14,16,20H,1-10,12,25H2;9,11-12,17H,2-8,10,22H2,1H3/t16?,20-;20-;17-/m111/s1. The summed E-state index contributed by atoms with van der Waals surface area (Å²) in [6, 6.07) is 2.73. The highest BCUT2D eigenvalue weighted by molar-refractivity contribution is 7.92. The van der Waals surface area contributed by atoms with Crippen LogP contribution in [-0.2, 0) is 67.9 Å². The Morgan fingerprint density at radius 2 is 0.773 bits per heavy atom. The van der Waals surface area contributed by atoms with E-state index in [1.54, 1.807) is 21.6 Å². The Hall–Kier alpha value is -4.87. The topological polar surface area (TPSA) is 251 Å². The van der Waals surface area contributed by atoms with Crippen molar-refractivity contribution in [3.8, 4) is 0 Å². The van der Waals surface area contributed by atoms with Crippen LogP contribution in [0, 0.1) is 70.1 Å². The second kappa shape index (κ2) is 32.9. The molecule has 0 aromatic heterocycles.